The van der Waals surface area contributed by atoms with Crippen LogP contribution in [-0.2, 0) is 11.2 Å². The Balaban J connectivity index is 1.65. The predicted molar refractivity (Wildman–Crippen MR) is 89.6 cm³/mol. The molecule has 24 heavy (non-hydrogen) atoms. The highest BCUT2D eigenvalue weighted by Crippen LogP contribution is 2.32. The Bertz CT molecular complexity index is 604. The van der Waals surface area contributed by atoms with Gasteiger partial charge in [0.2, 0.25) is 5.91 Å². The van der Waals surface area contributed by atoms with Crippen molar-refractivity contribution < 1.29 is 14.7 Å². The standard InChI is InChI=1S/C18H27N3O3/c1-12-3-5-16(6-4-12)20-10-15(19-11-20)8-14-7-13(2)9-21(17(14)22)18(23)24/h10-14,16H,3-9H2,1-2H3,(H,23,24)/t12-,13?,14?,16-. The molecule has 132 valence electrons. The van der Waals surface area contributed by atoms with Gasteiger partial charge in [-0.05, 0) is 43.9 Å². The molecule has 0 radical (unpaired) electrons. The van der Waals surface area contributed by atoms with Gasteiger partial charge in [0, 0.05) is 31.1 Å². The van der Waals surface area contributed by atoms with E-state index in [2.05, 4.69) is 22.7 Å². The molecule has 1 N–H and O–H groups in total. The molecule has 1 aromatic heterocycles. The summed E-state index contributed by atoms with van der Waals surface area (Å²) in [6.07, 6.45) is 8.93. The van der Waals surface area contributed by atoms with E-state index < -0.39 is 6.09 Å². The van der Waals surface area contributed by atoms with Gasteiger partial charge in [0.15, 0.2) is 0 Å². The number of imidazole rings is 1. The minimum absolute atomic E-state index is 0.200. The molecule has 2 aliphatic rings. The molecule has 6 heteroatoms. The number of piperidine rings is 1. The molecule has 0 bridgehead atoms. The Labute approximate surface area is 142 Å². The number of likely N-dealkylation sites (tertiary alicyclic amines) is 1. The second-order valence-electron chi connectivity index (χ2n) is 7.70. The van der Waals surface area contributed by atoms with Crippen LogP contribution in [0.15, 0.2) is 12.5 Å². The van der Waals surface area contributed by atoms with Gasteiger partial charge < -0.3 is 9.67 Å². The van der Waals surface area contributed by atoms with Crippen molar-refractivity contribution in [3.63, 3.8) is 0 Å². The Morgan fingerprint density at radius 2 is 1.96 bits per heavy atom. The van der Waals surface area contributed by atoms with Crippen LogP contribution in [0.3, 0.4) is 0 Å². The van der Waals surface area contributed by atoms with Gasteiger partial charge >= 0.3 is 6.09 Å². The van der Waals surface area contributed by atoms with Crippen molar-refractivity contribution in [2.45, 2.75) is 58.4 Å². The van der Waals surface area contributed by atoms with Crippen molar-refractivity contribution in [1.29, 1.82) is 0 Å². The van der Waals surface area contributed by atoms with E-state index in [1.54, 1.807) is 0 Å². The first-order valence-electron chi connectivity index (χ1n) is 9.00. The van der Waals surface area contributed by atoms with Gasteiger partial charge in [-0.1, -0.05) is 13.8 Å². The molecule has 0 spiro atoms. The summed E-state index contributed by atoms with van der Waals surface area (Å²) in [7, 11) is 0. The van der Waals surface area contributed by atoms with E-state index in [1.165, 1.54) is 25.7 Å². The van der Waals surface area contributed by atoms with E-state index in [0.29, 0.717) is 19.0 Å². The lowest BCUT2D eigenvalue weighted by atomic mass is 9.86. The SMILES string of the molecule is CC1CC(Cc2cn([C@H]3CC[C@H](C)CC3)cn2)C(=O)N(C(=O)O)C1. The van der Waals surface area contributed by atoms with Crippen LogP contribution >= 0.6 is 0 Å². The molecular weight excluding hydrogens is 306 g/mol. The van der Waals surface area contributed by atoms with Crippen molar-refractivity contribution in [1.82, 2.24) is 14.5 Å². The summed E-state index contributed by atoms with van der Waals surface area (Å²) in [6, 6.07) is 0.513. The molecule has 1 saturated heterocycles. The monoisotopic (exact) mass is 333 g/mol. The fourth-order valence-corrected chi connectivity index (χ4v) is 4.10. The third-order valence-electron chi connectivity index (χ3n) is 5.54. The van der Waals surface area contributed by atoms with Gasteiger partial charge in [0.25, 0.3) is 0 Å². The predicted octanol–water partition coefficient (Wildman–Crippen LogP) is 3.34. The number of nitrogens with zero attached hydrogens (tertiary/aromatic N) is 3. The van der Waals surface area contributed by atoms with Crippen LogP contribution in [-0.4, -0.2) is 38.1 Å². The second-order valence-corrected chi connectivity index (χ2v) is 7.70. The van der Waals surface area contributed by atoms with E-state index in [9.17, 15) is 14.7 Å². The average molecular weight is 333 g/mol. The maximum absolute atomic E-state index is 12.4. The molecular formula is C18H27N3O3. The molecule has 6 nitrogen and oxygen atoms in total. The lowest BCUT2D eigenvalue weighted by Gasteiger charge is -2.32. The lowest BCUT2D eigenvalue weighted by molar-refractivity contribution is -0.137. The highest BCUT2D eigenvalue weighted by Gasteiger charge is 2.36. The van der Waals surface area contributed by atoms with Crippen molar-refractivity contribution in [3.05, 3.63) is 18.2 Å². The van der Waals surface area contributed by atoms with Crippen molar-refractivity contribution in [2.24, 2.45) is 17.8 Å². The van der Waals surface area contributed by atoms with Gasteiger partial charge in [-0.3, -0.25) is 4.79 Å². The molecule has 1 aromatic rings. The maximum atomic E-state index is 12.4. The Hall–Kier alpha value is -1.85. The number of carbonyl (C=O) groups excluding carboxylic acids is 1. The van der Waals surface area contributed by atoms with E-state index in [0.717, 1.165) is 22.9 Å². The number of carboxylic acid groups (broad SMARTS) is 1. The zero-order valence-corrected chi connectivity index (χ0v) is 14.5. The van der Waals surface area contributed by atoms with Gasteiger partial charge in [-0.2, -0.15) is 0 Å². The maximum Gasteiger partial charge on any atom is 0.414 e. The number of aromatic nitrogens is 2. The summed E-state index contributed by atoms with van der Waals surface area (Å²) < 4.78 is 2.19. The van der Waals surface area contributed by atoms with Gasteiger partial charge in [-0.15, -0.1) is 0 Å². The van der Waals surface area contributed by atoms with Crippen molar-refractivity contribution in [3.8, 4) is 0 Å². The largest absolute Gasteiger partial charge is 0.465 e. The molecule has 3 rings (SSSR count). The number of rotatable bonds is 3. The second kappa shape index (κ2) is 6.95. The smallest absolute Gasteiger partial charge is 0.414 e. The fourth-order valence-electron chi connectivity index (χ4n) is 4.10. The number of amides is 2. The zero-order valence-electron chi connectivity index (χ0n) is 14.5. The molecule has 2 fully saturated rings. The highest BCUT2D eigenvalue weighted by atomic mass is 16.4. The first-order valence-corrected chi connectivity index (χ1v) is 9.00. The Morgan fingerprint density at radius 3 is 2.62 bits per heavy atom. The van der Waals surface area contributed by atoms with Crippen LogP contribution in [0.4, 0.5) is 4.79 Å². The number of hydrogen-bond acceptors (Lipinski definition) is 3. The van der Waals surface area contributed by atoms with Crippen LogP contribution in [0.2, 0.25) is 0 Å². The summed E-state index contributed by atoms with van der Waals surface area (Å²) in [5.74, 6) is 0.458. The topological polar surface area (TPSA) is 75.4 Å². The van der Waals surface area contributed by atoms with E-state index in [4.69, 9.17) is 0 Å². The summed E-state index contributed by atoms with van der Waals surface area (Å²) in [5, 5.41) is 9.19. The lowest BCUT2D eigenvalue weighted by Crippen LogP contribution is -2.47. The zero-order chi connectivity index (χ0) is 17.3. The third kappa shape index (κ3) is 3.62. The van der Waals surface area contributed by atoms with Crippen molar-refractivity contribution in [2.75, 3.05) is 6.54 Å². The van der Waals surface area contributed by atoms with E-state index >= 15 is 0 Å². The van der Waals surface area contributed by atoms with Gasteiger partial charge in [0.1, 0.15) is 0 Å². The average Bonchev–Trinajstić information content (AvgIpc) is 2.99. The van der Waals surface area contributed by atoms with Gasteiger partial charge in [0.05, 0.1) is 12.0 Å². The Kier molecular flexibility index (Phi) is 4.92. The fraction of sp³-hybridized carbons (Fsp3) is 0.722. The molecule has 2 amide bonds. The van der Waals surface area contributed by atoms with E-state index in [-0.39, 0.29) is 17.7 Å². The van der Waals surface area contributed by atoms with Crippen LogP contribution in [0.1, 0.15) is 57.7 Å². The summed E-state index contributed by atoms with van der Waals surface area (Å²) in [4.78, 5) is 29.1. The highest BCUT2D eigenvalue weighted by molar-refractivity contribution is 5.93. The molecule has 0 aromatic carbocycles. The first-order chi connectivity index (χ1) is 11.4. The molecule has 2 heterocycles. The molecule has 1 aliphatic carbocycles. The number of hydrogen-bond donors (Lipinski definition) is 1. The minimum Gasteiger partial charge on any atom is -0.465 e. The minimum atomic E-state index is -1.14. The molecule has 1 saturated carbocycles. The van der Waals surface area contributed by atoms with E-state index in [1.807, 2.05) is 13.3 Å². The van der Waals surface area contributed by atoms with Crippen LogP contribution in [0.25, 0.3) is 0 Å². The summed E-state index contributed by atoms with van der Waals surface area (Å²) in [6.45, 7) is 4.61. The van der Waals surface area contributed by atoms with Crippen LogP contribution in [0.5, 0.6) is 0 Å². The first kappa shape index (κ1) is 17.0. The molecule has 2 unspecified atom stereocenters. The summed E-state index contributed by atoms with van der Waals surface area (Å²) in [5.41, 5.74) is 0.895. The molecule has 2 atom stereocenters. The Morgan fingerprint density at radius 1 is 1.25 bits per heavy atom. The molecule has 1 aliphatic heterocycles. The number of imide groups is 1. The number of carbonyl (C=O) groups is 2. The van der Waals surface area contributed by atoms with Crippen LogP contribution < -0.4 is 0 Å². The summed E-state index contributed by atoms with van der Waals surface area (Å²) >= 11 is 0. The normalized spacial score (nSPS) is 31.2. The van der Waals surface area contributed by atoms with Crippen molar-refractivity contribution >= 4 is 12.0 Å². The van der Waals surface area contributed by atoms with Gasteiger partial charge in [-0.25, -0.2) is 14.7 Å². The van der Waals surface area contributed by atoms with Crippen LogP contribution in [0, 0.1) is 17.8 Å². The quantitative estimate of drug-likeness (QED) is 0.920. The third-order valence-corrected chi connectivity index (χ3v) is 5.54.